The Labute approximate surface area is 277 Å². The molecule has 256 valence electrons. The molecule has 1 aromatic rings. The molecule has 0 saturated carbocycles. The lowest BCUT2D eigenvalue weighted by molar-refractivity contribution is -0.136. The number of carbonyl (C=O) groups excluding carboxylic acids is 5. The second kappa shape index (κ2) is 21.9. The Morgan fingerprint density at radius 3 is 1.89 bits per heavy atom. The van der Waals surface area contributed by atoms with Crippen LogP contribution in [0.3, 0.4) is 0 Å². The zero-order valence-electron chi connectivity index (χ0n) is 26.1. The third kappa shape index (κ3) is 12.8. The summed E-state index contributed by atoms with van der Waals surface area (Å²) in [6.07, 6.45) is 2.50. The normalized spacial score (nSPS) is 16.2. The Kier molecular flexibility index (Phi) is 17.9. The smallest absolute Gasteiger partial charge is 0.264 e. The maximum atomic E-state index is 13.1. The highest BCUT2D eigenvalue weighted by molar-refractivity contribution is 9.09. The van der Waals surface area contributed by atoms with E-state index in [4.69, 9.17) is 28.4 Å². The van der Waals surface area contributed by atoms with Crippen LogP contribution in [0, 0.1) is 0 Å². The van der Waals surface area contributed by atoms with Gasteiger partial charge in [0, 0.05) is 24.8 Å². The zero-order chi connectivity index (χ0) is 33.0. The number of ether oxygens (including phenoxy) is 6. The van der Waals surface area contributed by atoms with Gasteiger partial charge in [-0.05, 0) is 31.4 Å². The number of hydrogen-bond acceptors (Lipinski definition) is 11. The Morgan fingerprint density at radius 2 is 1.33 bits per heavy atom. The minimum Gasteiger partial charge on any atom is -0.379 e. The van der Waals surface area contributed by atoms with E-state index in [-0.39, 0.29) is 42.0 Å². The lowest BCUT2D eigenvalue weighted by Crippen LogP contribution is -2.54. The molecule has 0 aliphatic carbocycles. The molecule has 1 aromatic carbocycles. The molecular weight excluding hydrogens is 670 g/mol. The summed E-state index contributed by atoms with van der Waals surface area (Å²) in [4.78, 5) is 63.3. The topological polar surface area (TPSA) is 168 Å². The molecule has 1 atom stereocenters. The van der Waals surface area contributed by atoms with E-state index in [0.29, 0.717) is 85.7 Å². The van der Waals surface area contributed by atoms with Gasteiger partial charge in [-0.25, -0.2) is 0 Å². The van der Waals surface area contributed by atoms with Crippen molar-refractivity contribution < 1.29 is 52.4 Å². The van der Waals surface area contributed by atoms with Crippen LogP contribution in [0.5, 0.6) is 0 Å². The van der Waals surface area contributed by atoms with E-state index in [9.17, 15) is 24.0 Å². The summed E-state index contributed by atoms with van der Waals surface area (Å²) in [5.41, 5.74) is 0.399. The number of carbonyl (C=O) groups is 5. The first kappa shape index (κ1) is 37.7. The van der Waals surface area contributed by atoms with Gasteiger partial charge in [0.2, 0.25) is 17.7 Å². The van der Waals surface area contributed by atoms with Crippen molar-refractivity contribution in [3.8, 4) is 0 Å². The number of hydrogen-bond donors (Lipinski definition) is 2. The SMILES string of the molecule is O=C1CCC(N2C(=O)c3cccc(NC(=O)CCCCCOCCOCCOCCOCCOCCOCCBr)c3C2=O)C(=O)N1. The average Bonchev–Trinajstić information content (AvgIpc) is 3.29. The second-order valence-electron chi connectivity index (χ2n) is 10.4. The van der Waals surface area contributed by atoms with Crippen LogP contribution in [0.4, 0.5) is 5.69 Å². The second-order valence-corrected chi connectivity index (χ2v) is 11.2. The largest absolute Gasteiger partial charge is 0.379 e. The van der Waals surface area contributed by atoms with E-state index in [2.05, 4.69) is 26.6 Å². The fourth-order valence-corrected chi connectivity index (χ4v) is 4.98. The molecule has 5 amide bonds. The quantitative estimate of drug-likeness (QED) is 0.0865. The van der Waals surface area contributed by atoms with E-state index in [1.807, 2.05) is 0 Å². The fourth-order valence-electron chi connectivity index (χ4n) is 4.75. The van der Waals surface area contributed by atoms with Crippen LogP contribution in [0.25, 0.3) is 0 Å². The molecule has 2 aliphatic heterocycles. The number of anilines is 1. The van der Waals surface area contributed by atoms with Crippen LogP contribution in [0.15, 0.2) is 18.2 Å². The van der Waals surface area contributed by atoms with Gasteiger partial charge in [0.25, 0.3) is 11.8 Å². The lowest BCUT2D eigenvalue weighted by Gasteiger charge is -2.27. The highest BCUT2D eigenvalue weighted by Crippen LogP contribution is 2.32. The number of unbranched alkanes of at least 4 members (excludes halogenated alkanes) is 2. The first-order valence-electron chi connectivity index (χ1n) is 15.6. The molecule has 2 heterocycles. The lowest BCUT2D eigenvalue weighted by atomic mass is 10.0. The number of nitrogens with zero attached hydrogens (tertiary/aromatic N) is 1. The number of amides is 5. The summed E-state index contributed by atoms with van der Waals surface area (Å²) in [7, 11) is 0. The van der Waals surface area contributed by atoms with Crippen LogP contribution in [-0.4, -0.2) is 125 Å². The number of nitrogens with one attached hydrogen (secondary N) is 2. The van der Waals surface area contributed by atoms with E-state index in [1.165, 1.54) is 6.07 Å². The number of piperidine rings is 1. The Bertz CT molecular complexity index is 1150. The van der Waals surface area contributed by atoms with Crippen molar-refractivity contribution in [2.75, 3.05) is 89.9 Å². The van der Waals surface area contributed by atoms with E-state index in [1.54, 1.807) is 12.1 Å². The van der Waals surface area contributed by atoms with Crippen molar-refractivity contribution in [3.05, 3.63) is 29.3 Å². The molecule has 0 aromatic heterocycles. The molecule has 1 fully saturated rings. The van der Waals surface area contributed by atoms with E-state index in [0.717, 1.165) is 23.1 Å². The Morgan fingerprint density at radius 1 is 0.761 bits per heavy atom. The standard InChI is InChI=1S/C31H44BrN3O11/c32-10-12-42-14-16-44-18-20-46-22-21-45-19-17-43-15-13-41-11-3-1-2-7-26(36)33-24-6-4-5-23-28(24)31(40)35(30(23)39)25-8-9-27(37)34-29(25)38/h4-6,25H,1-3,7-22H2,(H,33,36)(H,34,37,38). The predicted octanol–water partition coefficient (Wildman–Crippen LogP) is 2.08. The van der Waals surface area contributed by atoms with Crippen molar-refractivity contribution in [2.45, 2.75) is 44.6 Å². The molecule has 2 N–H and O–H groups in total. The van der Waals surface area contributed by atoms with E-state index >= 15 is 0 Å². The molecule has 0 bridgehead atoms. The van der Waals surface area contributed by atoms with Crippen molar-refractivity contribution in [1.82, 2.24) is 10.2 Å². The molecule has 1 unspecified atom stereocenters. The molecular formula is C31H44BrN3O11. The molecule has 3 rings (SSSR count). The first-order valence-corrected chi connectivity index (χ1v) is 16.7. The van der Waals surface area contributed by atoms with Crippen molar-refractivity contribution in [1.29, 1.82) is 0 Å². The van der Waals surface area contributed by atoms with Crippen molar-refractivity contribution >= 4 is 51.2 Å². The van der Waals surface area contributed by atoms with Gasteiger partial charge in [-0.3, -0.25) is 34.2 Å². The number of alkyl halides is 1. The molecule has 2 aliphatic rings. The monoisotopic (exact) mass is 713 g/mol. The number of imide groups is 2. The highest BCUT2D eigenvalue weighted by Gasteiger charge is 2.45. The first-order chi connectivity index (χ1) is 22.4. The molecule has 46 heavy (non-hydrogen) atoms. The van der Waals surface area contributed by atoms with Gasteiger partial charge in [-0.2, -0.15) is 0 Å². The van der Waals surface area contributed by atoms with E-state index < -0.39 is 29.7 Å². The Hall–Kier alpha value is -2.79. The predicted molar refractivity (Wildman–Crippen MR) is 169 cm³/mol. The minimum atomic E-state index is -1.07. The zero-order valence-corrected chi connectivity index (χ0v) is 27.6. The minimum absolute atomic E-state index is 0.0337. The van der Waals surface area contributed by atoms with Gasteiger partial charge in [0.1, 0.15) is 6.04 Å². The van der Waals surface area contributed by atoms with Gasteiger partial charge in [-0.15, -0.1) is 0 Å². The van der Waals surface area contributed by atoms with Gasteiger partial charge >= 0.3 is 0 Å². The summed E-state index contributed by atoms with van der Waals surface area (Å²) in [6, 6.07) is 3.54. The number of rotatable bonds is 25. The van der Waals surface area contributed by atoms with Crippen molar-refractivity contribution in [3.63, 3.8) is 0 Å². The average molecular weight is 715 g/mol. The van der Waals surface area contributed by atoms with Crippen molar-refractivity contribution in [2.24, 2.45) is 0 Å². The summed E-state index contributed by atoms with van der Waals surface area (Å²) in [5.74, 6) is -2.69. The fraction of sp³-hybridized carbons (Fsp3) is 0.645. The summed E-state index contributed by atoms with van der Waals surface area (Å²) in [5, 5.41) is 5.72. The summed E-state index contributed by atoms with van der Waals surface area (Å²) in [6.45, 7) is 6.24. The summed E-state index contributed by atoms with van der Waals surface area (Å²) < 4.78 is 32.6. The Balaban J connectivity index is 1.16. The van der Waals surface area contributed by atoms with Gasteiger partial charge in [0.15, 0.2) is 0 Å². The number of halogens is 1. The maximum Gasteiger partial charge on any atom is 0.264 e. The van der Waals surface area contributed by atoms with Crippen LogP contribution in [0.2, 0.25) is 0 Å². The molecule has 15 heteroatoms. The molecule has 14 nitrogen and oxygen atoms in total. The van der Waals surface area contributed by atoms with Crippen LogP contribution in [-0.2, 0) is 42.8 Å². The van der Waals surface area contributed by atoms with Crippen LogP contribution < -0.4 is 10.6 Å². The third-order valence-corrected chi connectivity index (χ3v) is 7.34. The number of benzene rings is 1. The summed E-state index contributed by atoms with van der Waals surface area (Å²) >= 11 is 3.29. The van der Waals surface area contributed by atoms with Crippen LogP contribution in [0.1, 0.15) is 59.2 Å². The third-order valence-electron chi connectivity index (χ3n) is 7.02. The molecule has 0 radical (unpaired) electrons. The molecule has 1 saturated heterocycles. The van der Waals surface area contributed by atoms with Gasteiger partial charge in [-0.1, -0.05) is 28.4 Å². The van der Waals surface area contributed by atoms with Gasteiger partial charge < -0.3 is 33.7 Å². The molecule has 0 spiro atoms. The number of fused-ring (bicyclic) bond motifs is 1. The van der Waals surface area contributed by atoms with Crippen LogP contribution >= 0.6 is 15.9 Å². The highest BCUT2D eigenvalue weighted by atomic mass is 79.9. The van der Waals surface area contributed by atoms with Gasteiger partial charge in [0.05, 0.1) is 89.5 Å². The maximum absolute atomic E-state index is 13.1.